The van der Waals surface area contributed by atoms with Gasteiger partial charge in [-0.2, -0.15) is 5.26 Å². The van der Waals surface area contributed by atoms with Gasteiger partial charge in [0.1, 0.15) is 29.2 Å². The molecule has 0 bridgehead atoms. The summed E-state index contributed by atoms with van der Waals surface area (Å²) in [5.41, 5.74) is 2.54. The van der Waals surface area contributed by atoms with Crippen LogP contribution in [-0.2, 0) is 4.74 Å². The lowest BCUT2D eigenvalue weighted by molar-refractivity contribution is 0.0600. The Morgan fingerprint density at radius 3 is 2.72 bits per heavy atom. The molecule has 0 saturated carbocycles. The van der Waals surface area contributed by atoms with Crippen LogP contribution in [0, 0.1) is 17.1 Å². The first-order chi connectivity index (χ1) is 14.1. The first-order valence-electron chi connectivity index (χ1n) is 8.63. The number of H-pyrrole nitrogens is 1. The quantitative estimate of drug-likeness (QED) is 0.401. The van der Waals surface area contributed by atoms with Crippen LogP contribution < -0.4 is 0 Å². The third-order valence-corrected chi connectivity index (χ3v) is 4.32. The number of nitrogens with one attached hydrogen (secondary N) is 1. The monoisotopic (exact) mass is 387 g/mol. The SMILES string of the molecule is COC(=O)c1ccc(-c2ccc(/C=C(/C#N)c3nc4ccc(F)cc4[nH]3)o2)cc1. The predicted molar refractivity (Wildman–Crippen MR) is 105 cm³/mol. The lowest BCUT2D eigenvalue weighted by Crippen LogP contribution is -2.00. The van der Waals surface area contributed by atoms with E-state index in [-0.39, 0.29) is 11.4 Å². The maximum absolute atomic E-state index is 13.4. The summed E-state index contributed by atoms with van der Waals surface area (Å²) in [7, 11) is 1.33. The zero-order valence-corrected chi connectivity index (χ0v) is 15.3. The molecule has 0 fully saturated rings. The summed E-state index contributed by atoms with van der Waals surface area (Å²) in [5.74, 6) is 0.568. The van der Waals surface area contributed by atoms with Gasteiger partial charge in [-0.25, -0.2) is 14.2 Å². The van der Waals surface area contributed by atoms with Gasteiger partial charge in [0.25, 0.3) is 0 Å². The van der Waals surface area contributed by atoms with Gasteiger partial charge < -0.3 is 14.1 Å². The van der Waals surface area contributed by atoms with E-state index < -0.39 is 5.97 Å². The second-order valence-corrected chi connectivity index (χ2v) is 6.19. The van der Waals surface area contributed by atoms with Crippen LogP contribution in [0.1, 0.15) is 21.9 Å². The van der Waals surface area contributed by atoms with Crippen molar-refractivity contribution in [2.75, 3.05) is 7.11 Å². The predicted octanol–water partition coefficient (Wildman–Crippen LogP) is 4.81. The molecule has 4 rings (SSSR count). The number of aromatic nitrogens is 2. The van der Waals surface area contributed by atoms with Crippen LogP contribution in [0.2, 0.25) is 0 Å². The second kappa shape index (κ2) is 7.44. The molecule has 142 valence electrons. The summed E-state index contributed by atoms with van der Waals surface area (Å²) in [6.45, 7) is 0. The Bertz CT molecular complexity index is 1280. The summed E-state index contributed by atoms with van der Waals surface area (Å²) in [6.07, 6.45) is 1.56. The molecule has 0 spiro atoms. The lowest BCUT2D eigenvalue weighted by atomic mass is 10.1. The topological polar surface area (TPSA) is 91.9 Å². The standard InChI is InChI=1S/C22H14FN3O3/c1-28-22(27)14-4-2-13(3-5-14)20-9-7-17(29-20)10-15(12-24)21-25-18-8-6-16(23)11-19(18)26-21/h2-11H,1H3,(H,25,26)/b15-10-. The first kappa shape index (κ1) is 18.2. The molecule has 0 aliphatic rings. The molecule has 2 aromatic heterocycles. The highest BCUT2D eigenvalue weighted by molar-refractivity contribution is 5.90. The normalized spacial score (nSPS) is 11.4. The van der Waals surface area contributed by atoms with Crippen molar-refractivity contribution in [3.63, 3.8) is 0 Å². The Balaban J connectivity index is 1.63. The van der Waals surface area contributed by atoms with Crippen LogP contribution in [0.3, 0.4) is 0 Å². The molecule has 1 N–H and O–H groups in total. The van der Waals surface area contributed by atoms with Crippen molar-refractivity contribution in [3.05, 3.63) is 77.6 Å². The van der Waals surface area contributed by atoms with Gasteiger partial charge in [0.15, 0.2) is 0 Å². The van der Waals surface area contributed by atoms with E-state index in [1.165, 1.54) is 19.2 Å². The summed E-state index contributed by atoms with van der Waals surface area (Å²) in [6, 6.07) is 16.5. The van der Waals surface area contributed by atoms with E-state index in [0.717, 1.165) is 5.56 Å². The van der Waals surface area contributed by atoms with E-state index in [4.69, 9.17) is 4.42 Å². The highest BCUT2D eigenvalue weighted by Gasteiger charge is 2.11. The van der Waals surface area contributed by atoms with Gasteiger partial charge in [-0.05, 0) is 42.5 Å². The maximum Gasteiger partial charge on any atom is 0.337 e. The van der Waals surface area contributed by atoms with Crippen LogP contribution >= 0.6 is 0 Å². The fourth-order valence-corrected chi connectivity index (χ4v) is 2.88. The Morgan fingerprint density at radius 2 is 2.00 bits per heavy atom. The molecule has 6 nitrogen and oxygen atoms in total. The largest absolute Gasteiger partial charge is 0.465 e. The minimum Gasteiger partial charge on any atom is -0.465 e. The van der Waals surface area contributed by atoms with Gasteiger partial charge in [0.2, 0.25) is 0 Å². The Labute approximate surface area is 164 Å². The van der Waals surface area contributed by atoms with Crippen LogP contribution in [0.15, 0.2) is 59.0 Å². The number of benzene rings is 2. The van der Waals surface area contributed by atoms with Crippen molar-refractivity contribution >= 4 is 28.7 Å². The van der Waals surface area contributed by atoms with E-state index >= 15 is 0 Å². The van der Waals surface area contributed by atoms with E-state index in [2.05, 4.69) is 20.8 Å². The van der Waals surface area contributed by atoms with Gasteiger partial charge in [-0.3, -0.25) is 0 Å². The smallest absolute Gasteiger partial charge is 0.337 e. The molecule has 0 saturated heterocycles. The molecule has 7 heteroatoms. The number of fused-ring (bicyclic) bond motifs is 1. The molecule has 2 aromatic carbocycles. The minimum atomic E-state index is -0.413. The molecule has 0 radical (unpaired) electrons. The number of esters is 1. The number of rotatable bonds is 4. The number of methoxy groups -OCH3 is 1. The number of nitrogens with zero attached hydrogens (tertiary/aromatic N) is 2. The summed E-state index contributed by atoms with van der Waals surface area (Å²) in [5, 5.41) is 9.51. The molecule has 0 aliphatic heterocycles. The molecule has 29 heavy (non-hydrogen) atoms. The summed E-state index contributed by atoms with van der Waals surface area (Å²) in [4.78, 5) is 18.8. The Hall–Kier alpha value is -4.18. The molecule has 0 amide bonds. The zero-order valence-electron chi connectivity index (χ0n) is 15.3. The fraction of sp³-hybridized carbons (Fsp3) is 0.0455. The van der Waals surface area contributed by atoms with E-state index in [0.29, 0.717) is 33.9 Å². The summed E-state index contributed by atoms with van der Waals surface area (Å²) >= 11 is 0. The van der Waals surface area contributed by atoms with Crippen molar-refractivity contribution < 1.29 is 18.3 Å². The number of hydrogen-bond donors (Lipinski definition) is 1. The highest BCUT2D eigenvalue weighted by Crippen LogP contribution is 2.26. The number of furan rings is 1. The maximum atomic E-state index is 13.4. The minimum absolute atomic E-state index is 0.253. The van der Waals surface area contributed by atoms with E-state index in [1.807, 2.05) is 0 Å². The molecule has 4 aromatic rings. The number of aromatic amines is 1. The van der Waals surface area contributed by atoms with Gasteiger partial charge >= 0.3 is 5.97 Å². The van der Waals surface area contributed by atoms with Crippen molar-refractivity contribution in [1.29, 1.82) is 5.26 Å². The van der Waals surface area contributed by atoms with Gasteiger partial charge in [-0.15, -0.1) is 0 Å². The third-order valence-electron chi connectivity index (χ3n) is 4.32. The van der Waals surface area contributed by atoms with Crippen molar-refractivity contribution in [2.45, 2.75) is 0 Å². The molecular weight excluding hydrogens is 373 g/mol. The molecular formula is C22H14FN3O3. The summed E-state index contributed by atoms with van der Waals surface area (Å²) < 4.78 is 23.8. The average Bonchev–Trinajstić information content (AvgIpc) is 3.38. The second-order valence-electron chi connectivity index (χ2n) is 6.19. The Morgan fingerprint density at radius 1 is 1.21 bits per heavy atom. The zero-order chi connectivity index (χ0) is 20.4. The van der Waals surface area contributed by atoms with Gasteiger partial charge in [0, 0.05) is 11.6 Å². The number of carbonyl (C=O) groups excluding carboxylic acids is 1. The first-order valence-corrected chi connectivity index (χ1v) is 8.63. The van der Waals surface area contributed by atoms with Crippen LogP contribution in [0.5, 0.6) is 0 Å². The number of carbonyl (C=O) groups is 1. The van der Waals surface area contributed by atoms with Gasteiger partial charge in [0.05, 0.1) is 29.3 Å². The number of ether oxygens (including phenoxy) is 1. The number of halogens is 1. The van der Waals surface area contributed by atoms with Gasteiger partial charge in [-0.1, -0.05) is 12.1 Å². The van der Waals surface area contributed by atoms with Crippen molar-refractivity contribution in [2.24, 2.45) is 0 Å². The van der Waals surface area contributed by atoms with Crippen LogP contribution in [0.4, 0.5) is 4.39 Å². The number of imidazole rings is 1. The molecule has 0 aliphatic carbocycles. The Kier molecular flexibility index (Phi) is 4.67. The van der Waals surface area contributed by atoms with E-state index in [9.17, 15) is 14.4 Å². The number of allylic oxidation sites excluding steroid dienone is 1. The number of hydrogen-bond acceptors (Lipinski definition) is 5. The van der Waals surface area contributed by atoms with Crippen LogP contribution in [-0.4, -0.2) is 23.0 Å². The van der Waals surface area contributed by atoms with E-state index in [1.54, 1.807) is 48.5 Å². The molecule has 2 heterocycles. The number of nitriles is 1. The third kappa shape index (κ3) is 3.64. The molecule has 0 unspecified atom stereocenters. The highest BCUT2D eigenvalue weighted by atomic mass is 19.1. The molecule has 0 atom stereocenters. The fourth-order valence-electron chi connectivity index (χ4n) is 2.88. The van der Waals surface area contributed by atoms with Crippen molar-refractivity contribution in [3.8, 4) is 17.4 Å². The van der Waals surface area contributed by atoms with Crippen molar-refractivity contribution in [1.82, 2.24) is 9.97 Å². The van der Waals surface area contributed by atoms with Crippen LogP contribution in [0.25, 0.3) is 34.0 Å². The lowest BCUT2D eigenvalue weighted by Gasteiger charge is -2.00. The average molecular weight is 387 g/mol.